The highest BCUT2D eigenvalue weighted by Crippen LogP contribution is 2.33. The van der Waals surface area contributed by atoms with Crippen LogP contribution >= 0.6 is 23.5 Å². The van der Waals surface area contributed by atoms with Crippen molar-refractivity contribution in [3.8, 4) is 0 Å². The first kappa shape index (κ1) is 14.2. The van der Waals surface area contributed by atoms with Crippen LogP contribution in [0.5, 0.6) is 0 Å². The lowest BCUT2D eigenvalue weighted by molar-refractivity contribution is -0.137. The summed E-state index contributed by atoms with van der Waals surface area (Å²) in [6.45, 7) is 0. The van der Waals surface area contributed by atoms with Crippen LogP contribution < -0.4 is 0 Å². The van der Waals surface area contributed by atoms with Crippen LogP contribution in [0.1, 0.15) is 11.1 Å². The molecule has 0 fully saturated rings. The van der Waals surface area contributed by atoms with Gasteiger partial charge in [0, 0.05) is 0 Å². The summed E-state index contributed by atoms with van der Waals surface area (Å²) < 4.78 is 37.8. The Morgan fingerprint density at radius 2 is 1.89 bits per heavy atom. The second-order valence-electron chi connectivity index (χ2n) is 3.62. The summed E-state index contributed by atoms with van der Waals surface area (Å²) in [4.78, 5) is 15.7. The Morgan fingerprint density at radius 1 is 1.26 bits per heavy atom. The summed E-state index contributed by atoms with van der Waals surface area (Å²) in [7, 11) is 0. The molecule has 0 atom stereocenters. The molecule has 7 heteroatoms. The molecule has 0 radical (unpaired) electrons. The molecule has 2 rings (SSSR count). The van der Waals surface area contributed by atoms with Crippen LogP contribution in [0.2, 0.25) is 0 Å². The SMILES string of the molecule is CSC1=NC(=O)/C(=C/c2ccc(C(F)(F)F)cc2)S1. The fraction of sp³-hybridized carbons (Fsp3) is 0.167. The maximum Gasteiger partial charge on any atom is 0.416 e. The molecule has 100 valence electrons. The third kappa shape index (κ3) is 3.42. The lowest BCUT2D eigenvalue weighted by Crippen LogP contribution is -2.04. The van der Waals surface area contributed by atoms with Crippen LogP contribution in [-0.4, -0.2) is 16.5 Å². The number of alkyl halides is 3. The largest absolute Gasteiger partial charge is 0.416 e. The molecule has 0 saturated heterocycles. The van der Waals surface area contributed by atoms with Gasteiger partial charge in [0.15, 0.2) is 0 Å². The van der Waals surface area contributed by atoms with E-state index in [9.17, 15) is 18.0 Å². The number of rotatable bonds is 1. The molecule has 2 nitrogen and oxygen atoms in total. The minimum Gasteiger partial charge on any atom is -0.266 e. The maximum absolute atomic E-state index is 12.4. The van der Waals surface area contributed by atoms with Crippen molar-refractivity contribution in [3.05, 3.63) is 40.3 Å². The Kier molecular flexibility index (Phi) is 4.05. The highest BCUT2D eigenvalue weighted by molar-refractivity contribution is 8.40. The van der Waals surface area contributed by atoms with Crippen molar-refractivity contribution < 1.29 is 18.0 Å². The molecule has 19 heavy (non-hydrogen) atoms. The van der Waals surface area contributed by atoms with Crippen LogP contribution in [0.15, 0.2) is 34.2 Å². The number of carbonyl (C=O) groups excluding carboxylic acids is 1. The van der Waals surface area contributed by atoms with Crippen LogP contribution in [0.3, 0.4) is 0 Å². The van der Waals surface area contributed by atoms with Crippen molar-refractivity contribution >= 4 is 39.9 Å². The van der Waals surface area contributed by atoms with Gasteiger partial charge in [-0.25, -0.2) is 0 Å². The number of nitrogens with zero attached hydrogens (tertiary/aromatic N) is 1. The van der Waals surface area contributed by atoms with E-state index in [0.29, 0.717) is 14.8 Å². The maximum atomic E-state index is 12.4. The number of benzene rings is 1. The Bertz CT molecular complexity index is 561. The summed E-state index contributed by atoms with van der Waals surface area (Å²) >= 11 is 2.58. The van der Waals surface area contributed by atoms with Gasteiger partial charge in [0.2, 0.25) is 0 Å². The molecule has 0 bridgehead atoms. The predicted molar refractivity (Wildman–Crippen MR) is 73.0 cm³/mol. The van der Waals surface area contributed by atoms with Gasteiger partial charge < -0.3 is 0 Å². The summed E-state index contributed by atoms with van der Waals surface area (Å²) in [5, 5.41) is 0. The van der Waals surface area contributed by atoms with Crippen LogP contribution in [0, 0.1) is 0 Å². The van der Waals surface area contributed by atoms with Gasteiger partial charge in [-0.2, -0.15) is 18.2 Å². The number of hydrogen-bond donors (Lipinski definition) is 0. The highest BCUT2D eigenvalue weighted by atomic mass is 32.2. The fourth-order valence-corrected chi connectivity index (χ4v) is 2.82. The van der Waals surface area contributed by atoms with E-state index in [4.69, 9.17) is 0 Å². The smallest absolute Gasteiger partial charge is 0.266 e. The minimum absolute atomic E-state index is 0.353. The molecule has 0 saturated carbocycles. The van der Waals surface area contributed by atoms with Crippen molar-refractivity contribution in [1.82, 2.24) is 0 Å². The Hall–Kier alpha value is -1.21. The van der Waals surface area contributed by atoms with E-state index in [1.54, 1.807) is 12.3 Å². The number of halogens is 3. The minimum atomic E-state index is -4.35. The topological polar surface area (TPSA) is 29.4 Å². The zero-order valence-corrected chi connectivity index (χ0v) is 11.3. The standard InChI is InChI=1S/C12H8F3NOS2/c1-18-11-16-10(17)9(19-11)6-7-2-4-8(5-3-7)12(13,14)15/h2-6H,1H3/b9-6-. The quantitative estimate of drug-likeness (QED) is 0.733. The molecule has 1 aliphatic rings. The summed E-state index contributed by atoms with van der Waals surface area (Å²) in [6.07, 6.45) is -1.00. The molecule has 0 aromatic heterocycles. The number of hydrogen-bond acceptors (Lipinski definition) is 3. The summed E-state index contributed by atoms with van der Waals surface area (Å²) in [5.41, 5.74) is -0.164. The number of aliphatic imine (C=N–C) groups is 1. The highest BCUT2D eigenvalue weighted by Gasteiger charge is 2.30. The molecule has 1 amide bonds. The third-order valence-corrected chi connectivity index (χ3v) is 4.28. The van der Waals surface area contributed by atoms with Gasteiger partial charge in [0.25, 0.3) is 5.91 Å². The Labute approximate surface area is 116 Å². The molecule has 0 aliphatic carbocycles. The van der Waals surface area contributed by atoms with E-state index in [1.165, 1.54) is 35.7 Å². The first-order valence-electron chi connectivity index (χ1n) is 5.14. The lowest BCUT2D eigenvalue weighted by Gasteiger charge is -2.06. The zero-order valence-electron chi connectivity index (χ0n) is 9.69. The van der Waals surface area contributed by atoms with Gasteiger partial charge in [0.1, 0.15) is 4.38 Å². The van der Waals surface area contributed by atoms with Crippen molar-refractivity contribution in [2.75, 3.05) is 6.26 Å². The number of carbonyl (C=O) groups is 1. The summed E-state index contributed by atoms with van der Waals surface area (Å²) in [5.74, 6) is -0.353. The van der Waals surface area contributed by atoms with Crippen molar-refractivity contribution in [2.24, 2.45) is 4.99 Å². The average Bonchev–Trinajstić information content (AvgIpc) is 2.70. The zero-order chi connectivity index (χ0) is 14.0. The van der Waals surface area contributed by atoms with Crippen molar-refractivity contribution in [2.45, 2.75) is 6.18 Å². The van der Waals surface area contributed by atoms with E-state index >= 15 is 0 Å². The molecule has 0 N–H and O–H groups in total. The second-order valence-corrected chi connectivity index (χ2v) is 5.70. The first-order valence-corrected chi connectivity index (χ1v) is 7.18. The van der Waals surface area contributed by atoms with E-state index in [1.807, 2.05) is 0 Å². The van der Waals surface area contributed by atoms with Crippen LogP contribution in [-0.2, 0) is 11.0 Å². The molecule has 1 aliphatic heterocycles. The lowest BCUT2D eigenvalue weighted by atomic mass is 10.1. The van der Waals surface area contributed by atoms with Crippen molar-refractivity contribution in [3.63, 3.8) is 0 Å². The van der Waals surface area contributed by atoms with Crippen LogP contribution in [0.25, 0.3) is 6.08 Å². The van der Waals surface area contributed by atoms with Crippen molar-refractivity contribution in [1.29, 1.82) is 0 Å². The second kappa shape index (κ2) is 5.42. The van der Waals surface area contributed by atoms with Gasteiger partial charge in [-0.1, -0.05) is 23.9 Å². The predicted octanol–water partition coefficient (Wildman–Crippen LogP) is 4.04. The average molecular weight is 303 g/mol. The molecule has 0 unspecified atom stereocenters. The molecule has 1 aromatic rings. The van der Waals surface area contributed by atoms with E-state index in [0.717, 1.165) is 12.1 Å². The normalized spacial score (nSPS) is 18.0. The van der Waals surface area contributed by atoms with E-state index in [-0.39, 0.29) is 5.91 Å². The monoisotopic (exact) mass is 303 g/mol. The number of thioether (sulfide) groups is 2. The first-order chi connectivity index (χ1) is 8.90. The Morgan fingerprint density at radius 3 is 2.37 bits per heavy atom. The summed E-state index contributed by atoms with van der Waals surface area (Å²) in [6, 6.07) is 4.65. The van der Waals surface area contributed by atoms with Gasteiger partial charge in [-0.05, 0) is 30.0 Å². The van der Waals surface area contributed by atoms with E-state index in [2.05, 4.69) is 4.99 Å². The molecular weight excluding hydrogens is 295 g/mol. The van der Waals surface area contributed by atoms with Crippen LogP contribution in [0.4, 0.5) is 13.2 Å². The molecular formula is C12H8F3NOS2. The molecule has 0 spiro atoms. The van der Waals surface area contributed by atoms with Gasteiger partial charge in [-0.3, -0.25) is 4.79 Å². The molecule has 1 aromatic carbocycles. The third-order valence-electron chi connectivity index (χ3n) is 2.31. The fourth-order valence-electron chi connectivity index (χ4n) is 1.40. The molecule has 1 heterocycles. The Balaban J connectivity index is 2.19. The van der Waals surface area contributed by atoms with Gasteiger partial charge in [-0.15, -0.1) is 11.8 Å². The number of amides is 1. The van der Waals surface area contributed by atoms with Gasteiger partial charge in [0.05, 0.1) is 10.5 Å². The van der Waals surface area contributed by atoms with E-state index < -0.39 is 11.7 Å². The van der Waals surface area contributed by atoms with Gasteiger partial charge >= 0.3 is 6.18 Å².